The zero-order valence-electron chi connectivity index (χ0n) is 19.8. The van der Waals surface area contributed by atoms with Crippen molar-refractivity contribution in [3.63, 3.8) is 0 Å². The van der Waals surface area contributed by atoms with Crippen LogP contribution in [0.25, 0.3) is 0 Å². The van der Waals surface area contributed by atoms with E-state index in [1.54, 1.807) is 37.3 Å². The van der Waals surface area contributed by atoms with Gasteiger partial charge >= 0.3 is 0 Å². The van der Waals surface area contributed by atoms with Crippen LogP contribution in [0, 0.1) is 6.92 Å². The van der Waals surface area contributed by atoms with Crippen molar-refractivity contribution < 1.29 is 18.0 Å². The van der Waals surface area contributed by atoms with E-state index >= 15 is 0 Å². The summed E-state index contributed by atoms with van der Waals surface area (Å²) in [5.41, 5.74) is 1.97. The van der Waals surface area contributed by atoms with E-state index in [1.165, 1.54) is 16.3 Å². The Bertz CT molecular complexity index is 1110. The first-order chi connectivity index (χ1) is 16.0. The second kappa shape index (κ2) is 12.4. The van der Waals surface area contributed by atoms with E-state index < -0.39 is 16.1 Å². The summed E-state index contributed by atoms with van der Waals surface area (Å²) >= 11 is 12.2. The molecular weight excluding hydrogens is 497 g/mol. The van der Waals surface area contributed by atoms with E-state index in [2.05, 4.69) is 5.32 Å². The van der Waals surface area contributed by atoms with E-state index in [-0.39, 0.29) is 37.7 Å². The lowest BCUT2D eigenvalue weighted by Gasteiger charge is -2.31. The summed E-state index contributed by atoms with van der Waals surface area (Å²) in [5, 5.41) is 3.67. The number of nitrogens with one attached hydrogen (secondary N) is 1. The summed E-state index contributed by atoms with van der Waals surface area (Å²) in [7, 11) is -2.06. The van der Waals surface area contributed by atoms with Gasteiger partial charge < -0.3 is 10.2 Å². The van der Waals surface area contributed by atoms with E-state index in [9.17, 15) is 18.0 Å². The molecule has 0 saturated carbocycles. The van der Waals surface area contributed by atoms with Crippen LogP contribution in [-0.2, 0) is 26.2 Å². The molecule has 0 fully saturated rings. The van der Waals surface area contributed by atoms with Crippen molar-refractivity contribution in [3.8, 4) is 0 Å². The molecule has 186 valence electrons. The number of carbonyl (C=O) groups is 2. The van der Waals surface area contributed by atoms with E-state index in [0.29, 0.717) is 27.7 Å². The van der Waals surface area contributed by atoms with Crippen molar-refractivity contribution in [1.29, 1.82) is 0 Å². The minimum absolute atomic E-state index is 0.0761. The van der Waals surface area contributed by atoms with Crippen molar-refractivity contribution in [3.05, 3.63) is 63.6 Å². The predicted molar refractivity (Wildman–Crippen MR) is 138 cm³/mol. The molecule has 0 heterocycles. The SMILES string of the molecule is CC[C@@H](C(=O)NC)N(Cc1ccc(Cl)cc1)C(=O)CCCN(c1cccc(Cl)c1C)S(C)(=O)=O. The maximum Gasteiger partial charge on any atom is 0.242 e. The Balaban J connectivity index is 2.21. The molecule has 7 nitrogen and oxygen atoms in total. The quantitative estimate of drug-likeness (QED) is 0.469. The largest absolute Gasteiger partial charge is 0.357 e. The fourth-order valence-corrected chi connectivity index (χ4v) is 5.03. The molecule has 0 radical (unpaired) electrons. The average Bonchev–Trinajstić information content (AvgIpc) is 2.79. The van der Waals surface area contributed by atoms with Crippen molar-refractivity contribution in [2.75, 3.05) is 24.2 Å². The Morgan fingerprint density at radius 1 is 1.09 bits per heavy atom. The highest BCUT2D eigenvalue weighted by atomic mass is 35.5. The lowest BCUT2D eigenvalue weighted by atomic mass is 10.1. The maximum absolute atomic E-state index is 13.3. The number of anilines is 1. The van der Waals surface area contributed by atoms with Crippen LogP contribution in [0.2, 0.25) is 10.0 Å². The molecule has 1 N–H and O–H groups in total. The molecule has 0 aromatic heterocycles. The van der Waals surface area contributed by atoms with E-state index in [0.717, 1.165) is 11.8 Å². The number of benzene rings is 2. The van der Waals surface area contributed by atoms with Gasteiger partial charge in [0.15, 0.2) is 0 Å². The van der Waals surface area contributed by atoms with Crippen LogP contribution in [0.15, 0.2) is 42.5 Å². The third-order valence-electron chi connectivity index (χ3n) is 5.56. The zero-order valence-corrected chi connectivity index (χ0v) is 22.2. The standard InChI is InChI=1S/C24H31Cl2N3O4S/c1-5-21(24(31)27-3)28(16-18-11-13-19(25)14-12-18)23(30)10-7-15-29(34(4,32)33)22-9-6-8-20(26)17(22)2/h6,8-9,11-14,21H,5,7,10,15-16H2,1-4H3,(H,27,31)/t21-/m0/s1. The number of halogens is 2. The molecule has 0 aliphatic carbocycles. The maximum atomic E-state index is 13.3. The van der Waals surface area contributed by atoms with Crippen molar-refractivity contribution in [2.45, 2.75) is 45.7 Å². The fraction of sp³-hybridized carbons (Fsp3) is 0.417. The number of likely N-dealkylation sites (N-methyl/N-ethyl adjacent to an activating group) is 1. The van der Waals surface area contributed by atoms with E-state index in [1.807, 2.05) is 19.1 Å². The van der Waals surface area contributed by atoms with Crippen LogP contribution < -0.4 is 9.62 Å². The fourth-order valence-electron chi connectivity index (χ4n) is 3.72. The van der Waals surface area contributed by atoms with Gasteiger partial charge in [0.2, 0.25) is 21.8 Å². The van der Waals surface area contributed by atoms with Gasteiger partial charge in [0.25, 0.3) is 0 Å². The smallest absolute Gasteiger partial charge is 0.242 e. The first-order valence-electron chi connectivity index (χ1n) is 11.0. The summed E-state index contributed by atoms with van der Waals surface area (Å²) in [4.78, 5) is 27.3. The second-order valence-corrected chi connectivity index (χ2v) is 10.8. The van der Waals surface area contributed by atoms with Crippen LogP contribution in [0.1, 0.15) is 37.3 Å². The highest BCUT2D eigenvalue weighted by Gasteiger charge is 2.28. The minimum Gasteiger partial charge on any atom is -0.357 e. The number of amides is 2. The molecule has 0 saturated heterocycles. The van der Waals surface area contributed by atoms with Crippen LogP contribution in [0.4, 0.5) is 5.69 Å². The summed E-state index contributed by atoms with van der Waals surface area (Å²) in [6.07, 6.45) is 1.92. The molecule has 1 atom stereocenters. The first kappa shape index (κ1) is 28.0. The molecule has 34 heavy (non-hydrogen) atoms. The number of carbonyl (C=O) groups excluding carboxylic acids is 2. The third-order valence-corrected chi connectivity index (χ3v) is 7.40. The highest BCUT2D eigenvalue weighted by molar-refractivity contribution is 7.92. The van der Waals surface area contributed by atoms with Crippen molar-refractivity contribution in [2.24, 2.45) is 0 Å². The second-order valence-electron chi connectivity index (χ2n) is 8.01. The number of rotatable bonds is 11. The molecule has 0 aliphatic heterocycles. The third kappa shape index (κ3) is 7.35. The molecular formula is C24H31Cl2N3O4S. The molecule has 2 aromatic rings. The van der Waals surface area contributed by atoms with Gasteiger partial charge in [-0.1, -0.05) is 48.3 Å². The van der Waals surface area contributed by atoms with Crippen LogP contribution >= 0.6 is 23.2 Å². The number of hydrogen-bond acceptors (Lipinski definition) is 4. The van der Waals surface area contributed by atoms with E-state index in [4.69, 9.17) is 23.2 Å². The lowest BCUT2D eigenvalue weighted by molar-refractivity contribution is -0.141. The van der Waals surface area contributed by atoms with Gasteiger partial charge in [0.1, 0.15) is 6.04 Å². The number of hydrogen-bond donors (Lipinski definition) is 1. The Labute approximate surface area is 212 Å². The van der Waals surface area contributed by atoms with Gasteiger partial charge in [0.05, 0.1) is 11.9 Å². The topological polar surface area (TPSA) is 86.8 Å². The Hall–Kier alpha value is -2.29. The van der Waals surface area contributed by atoms with Crippen molar-refractivity contribution >= 4 is 50.7 Å². The molecule has 0 bridgehead atoms. The normalized spacial score (nSPS) is 12.2. The van der Waals surface area contributed by atoms with Gasteiger partial charge in [0, 0.05) is 36.6 Å². The Morgan fingerprint density at radius 3 is 2.29 bits per heavy atom. The molecule has 2 amide bonds. The highest BCUT2D eigenvalue weighted by Crippen LogP contribution is 2.28. The summed E-state index contributed by atoms with van der Waals surface area (Å²) in [6, 6.07) is 11.5. The monoisotopic (exact) mass is 527 g/mol. The van der Waals surface area contributed by atoms with Crippen LogP contribution in [0.5, 0.6) is 0 Å². The molecule has 10 heteroatoms. The Kier molecular flexibility index (Phi) is 10.2. The van der Waals surface area contributed by atoms with Gasteiger partial charge in [-0.25, -0.2) is 8.42 Å². The molecule has 2 aromatic carbocycles. The molecule has 2 rings (SSSR count). The summed E-state index contributed by atoms with van der Waals surface area (Å²) < 4.78 is 26.2. The van der Waals surface area contributed by atoms with Crippen LogP contribution in [-0.4, -0.2) is 51.0 Å². The van der Waals surface area contributed by atoms with Crippen LogP contribution in [0.3, 0.4) is 0 Å². The van der Waals surface area contributed by atoms with Gasteiger partial charge in [-0.15, -0.1) is 0 Å². The number of nitrogens with zero attached hydrogens (tertiary/aromatic N) is 2. The molecule has 0 aliphatic rings. The first-order valence-corrected chi connectivity index (χ1v) is 13.6. The lowest BCUT2D eigenvalue weighted by Crippen LogP contribution is -2.48. The minimum atomic E-state index is -3.59. The average molecular weight is 529 g/mol. The zero-order chi connectivity index (χ0) is 25.5. The molecule has 0 spiro atoms. The summed E-state index contributed by atoms with van der Waals surface area (Å²) in [6.45, 7) is 3.95. The van der Waals surface area contributed by atoms with Gasteiger partial charge in [-0.05, 0) is 55.2 Å². The predicted octanol–water partition coefficient (Wildman–Crippen LogP) is 4.40. The molecule has 0 unspecified atom stereocenters. The van der Waals surface area contributed by atoms with Gasteiger partial charge in [-0.2, -0.15) is 0 Å². The number of sulfonamides is 1. The van der Waals surface area contributed by atoms with Gasteiger partial charge in [-0.3, -0.25) is 13.9 Å². The van der Waals surface area contributed by atoms with Crippen molar-refractivity contribution in [1.82, 2.24) is 10.2 Å². The summed E-state index contributed by atoms with van der Waals surface area (Å²) in [5.74, 6) is -0.487. The Morgan fingerprint density at radius 2 is 1.74 bits per heavy atom.